The highest BCUT2D eigenvalue weighted by Gasteiger charge is 2.24. The summed E-state index contributed by atoms with van der Waals surface area (Å²) in [6, 6.07) is 20.2. The molecule has 2 aromatic carbocycles. The molecule has 0 spiro atoms. The molecule has 0 atom stereocenters. The molecule has 0 aliphatic carbocycles. The van der Waals surface area contributed by atoms with Crippen LogP contribution in [-0.4, -0.2) is 42.0 Å². The van der Waals surface area contributed by atoms with E-state index in [4.69, 9.17) is 4.98 Å². The van der Waals surface area contributed by atoms with E-state index in [0.717, 1.165) is 47.8 Å². The first-order chi connectivity index (χ1) is 13.2. The Bertz CT molecular complexity index is 900. The van der Waals surface area contributed by atoms with Crippen molar-refractivity contribution in [1.82, 2.24) is 15.2 Å². The molecular formula is C22H23N3OS. The Morgan fingerprint density at radius 1 is 1.00 bits per heavy atom. The molecule has 1 saturated heterocycles. The molecule has 4 nitrogen and oxygen atoms in total. The van der Waals surface area contributed by atoms with Crippen LogP contribution in [0.3, 0.4) is 0 Å². The molecule has 5 heteroatoms. The first kappa shape index (κ1) is 17.9. The molecule has 1 aromatic heterocycles. The predicted molar refractivity (Wildman–Crippen MR) is 111 cm³/mol. The fraction of sp³-hybridized carbons (Fsp3) is 0.273. The summed E-state index contributed by atoms with van der Waals surface area (Å²) in [6.07, 6.45) is 1.99. The molecule has 0 saturated carbocycles. The Kier molecular flexibility index (Phi) is 5.32. The van der Waals surface area contributed by atoms with Gasteiger partial charge < -0.3 is 10.2 Å². The van der Waals surface area contributed by atoms with Crippen molar-refractivity contribution >= 4 is 17.2 Å². The Labute approximate surface area is 163 Å². The van der Waals surface area contributed by atoms with Crippen LogP contribution in [0.25, 0.3) is 21.8 Å². The molecule has 27 heavy (non-hydrogen) atoms. The predicted octanol–water partition coefficient (Wildman–Crippen LogP) is 4.30. The zero-order valence-electron chi connectivity index (χ0n) is 15.4. The van der Waals surface area contributed by atoms with Gasteiger partial charge in [-0.3, -0.25) is 4.79 Å². The highest BCUT2D eigenvalue weighted by molar-refractivity contribution is 7.17. The first-order valence-electron chi connectivity index (χ1n) is 9.32. The van der Waals surface area contributed by atoms with E-state index in [0.29, 0.717) is 4.88 Å². The van der Waals surface area contributed by atoms with Gasteiger partial charge in [0.25, 0.3) is 5.91 Å². The SMILES string of the molecule is CN1CCC(NC(=O)c2sc(-c3ccccc3)nc2-c2ccccc2)CC1. The number of hydrogen-bond acceptors (Lipinski definition) is 4. The van der Waals surface area contributed by atoms with Crippen LogP contribution in [0.4, 0.5) is 0 Å². The summed E-state index contributed by atoms with van der Waals surface area (Å²) in [5.41, 5.74) is 2.78. The van der Waals surface area contributed by atoms with Crippen LogP contribution in [0.5, 0.6) is 0 Å². The van der Waals surface area contributed by atoms with Crippen LogP contribution in [0.2, 0.25) is 0 Å². The lowest BCUT2D eigenvalue weighted by Crippen LogP contribution is -2.43. The van der Waals surface area contributed by atoms with Crippen molar-refractivity contribution in [1.29, 1.82) is 0 Å². The number of thiazole rings is 1. The van der Waals surface area contributed by atoms with Crippen LogP contribution in [0, 0.1) is 0 Å². The quantitative estimate of drug-likeness (QED) is 0.737. The number of rotatable bonds is 4. The topological polar surface area (TPSA) is 45.2 Å². The molecule has 1 fully saturated rings. The Hall–Kier alpha value is -2.50. The maximum atomic E-state index is 13.1. The number of nitrogens with one attached hydrogen (secondary N) is 1. The average molecular weight is 378 g/mol. The fourth-order valence-electron chi connectivity index (χ4n) is 3.37. The zero-order chi connectivity index (χ0) is 18.6. The number of benzene rings is 2. The van der Waals surface area contributed by atoms with Crippen molar-refractivity contribution in [2.45, 2.75) is 18.9 Å². The summed E-state index contributed by atoms with van der Waals surface area (Å²) in [5, 5.41) is 4.11. The first-order valence-corrected chi connectivity index (χ1v) is 10.1. The molecule has 0 unspecified atom stereocenters. The second-order valence-electron chi connectivity index (χ2n) is 6.98. The number of hydrogen-bond donors (Lipinski definition) is 1. The molecule has 1 N–H and O–H groups in total. The maximum absolute atomic E-state index is 13.1. The number of likely N-dealkylation sites (tertiary alicyclic amines) is 1. The van der Waals surface area contributed by atoms with E-state index in [9.17, 15) is 4.79 Å². The summed E-state index contributed by atoms with van der Waals surface area (Å²) in [4.78, 5) is 20.9. The fourth-order valence-corrected chi connectivity index (χ4v) is 4.37. The molecular weight excluding hydrogens is 354 g/mol. The van der Waals surface area contributed by atoms with Crippen molar-refractivity contribution < 1.29 is 4.79 Å². The average Bonchev–Trinajstić information content (AvgIpc) is 3.17. The third-order valence-electron chi connectivity index (χ3n) is 4.96. The Balaban J connectivity index is 1.65. The molecule has 1 amide bonds. The molecule has 138 valence electrons. The van der Waals surface area contributed by atoms with Gasteiger partial charge in [0.1, 0.15) is 9.88 Å². The lowest BCUT2D eigenvalue weighted by molar-refractivity contribution is 0.0921. The van der Waals surface area contributed by atoms with Gasteiger partial charge in [-0.1, -0.05) is 60.7 Å². The van der Waals surface area contributed by atoms with Gasteiger partial charge >= 0.3 is 0 Å². The number of aromatic nitrogens is 1. The second kappa shape index (κ2) is 8.03. The molecule has 1 aliphatic heterocycles. The summed E-state index contributed by atoms with van der Waals surface area (Å²) in [7, 11) is 2.13. The maximum Gasteiger partial charge on any atom is 0.263 e. The van der Waals surface area contributed by atoms with Gasteiger partial charge in [0.05, 0.1) is 5.69 Å². The van der Waals surface area contributed by atoms with E-state index in [-0.39, 0.29) is 11.9 Å². The summed E-state index contributed by atoms with van der Waals surface area (Å²) in [6.45, 7) is 2.04. The number of amides is 1. The minimum atomic E-state index is -0.0110. The standard InChI is InChI=1S/C22H23N3OS/c1-25-14-12-18(13-15-25)23-21(26)20-19(16-8-4-2-5-9-16)24-22(27-20)17-10-6-3-7-11-17/h2-11,18H,12-15H2,1H3,(H,23,26). The minimum absolute atomic E-state index is 0.0110. The van der Waals surface area contributed by atoms with E-state index in [1.54, 1.807) is 0 Å². The monoisotopic (exact) mass is 377 g/mol. The van der Waals surface area contributed by atoms with Gasteiger partial charge in [-0.05, 0) is 33.0 Å². The van der Waals surface area contributed by atoms with Crippen LogP contribution in [-0.2, 0) is 0 Å². The van der Waals surface area contributed by atoms with Gasteiger partial charge in [0.2, 0.25) is 0 Å². The van der Waals surface area contributed by atoms with Crippen LogP contribution >= 0.6 is 11.3 Å². The smallest absolute Gasteiger partial charge is 0.263 e. The van der Waals surface area contributed by atoms with E-state index >= 15 is 0 Å². The lowest BCUT2D eigenvalue weighted by Gasteiger charge is -2.29. The van der Waals surface area contributed by atoms with Gasteiger partial charge in [0.15, 0.2) is 0 Å². The van der Waals surface area contributed by atoms with Crippen LogP contribution < -0.4 is 5.32 Å². The van der Waals surface area contributed by atoms with Crippen LogP contribution in [0.15, 0.2) is 60.7 Å². The molecule has 0 bridgehead atoms. The highest BCUT2D eigenvalue weighted by atomic mass is 32.1. The van der Waals surface area contributed by atoms with Crippen molar-refractivity contribution in [2.24, 2.45) is 0 Å². The van der Waals surface area contributed by atoms with Gasteiger partial charge in [-0.15, -0.1) is 11.3 Å². The van der Waals surface area contributed by atoms with E-state index in [1.165, 1.54) is 11.3 Å². The molecule has 1 aliphatic rings. The lowest BCUT2D eigenvalue weighted by atomic mass is 10.1. The van der Waals surface area contributed by atoms with E-state index in [2.05, 4.69) is 17.3 Å². The summed E-state index contributed by atoms with van der Waals surface area (Å²) >= 11 is 1.47. The number of carbonyl (C=O) groups is 1. The van der Waals surface area contributed by atoms with Gasteiger partial charge in [-0.2, -0.15) is 0 Å². The number of piperidine rings is 1. The van der Waals surface area contributed by atoms with E-state index in [1.807, 2.05) is 60.7 Å². The largest absolute Gasteiger partial charge is 0.348 e. The van der Waals surface area contributed by atoms with Crippen LogP contribution in [0.1, 0.15) is 22.5 Å². The van der Waals surface area contributed by atoms with E-state index < -0.39 is 0 Å². The third-order valence-corrected chi connectivity index (χ3v) is 6.06. The normalized spacial score (nSPS) is 15.6. The third kappa shape index (κ3) is 4.10. The second-order valence-corrected chi connectivity index (χ2v) is 7.98. The zero-order valence-corrected chi connectivity index (χ0v) is 16.2. The van der Waals surface area contributed by atoms with Crippen molar-refractivity contribution in [3.05, 3.63) is 65.5 Å². The molecule has 0 radical (unpaired) electrons. The minimum Gasteiger partial charge on any atom is -0.348 e. The number of carbonyl (C=O) groups excluding carboxylic acids is 1. The van der Waals surface area contributed by atoms with Crippen molar-refractivity contribution in [3.8, 4) is 21.8 Å². The van der Waals surface area contributed by atoms with Gasteiger partial charge in [0, 0.05) is 17.2 Å². The summed E-state index contributed by atoms with van der Waals surface area (Å²) in [5.74, 6) is -0.0110. The number of nitrogens with zero attached hydrogens (tertiary/aromatic N) is 2. The molecule has 3 aromatic rings. The van der Waals surface area contributed by atoms with Crippen molar-refractivity contribution in [2.75, 3.05) is 20.1 Å². The molecule has 2 heterocycles. The molecule has 4 rings (SSSR count). The highest BCUT2D eigenvalue weighted by Crippen LogP contribution is 2.34. The summed E-state index contributed by atoms with van der Waals surface area (Å²) < 4.78 is 0. The van der Waals surface area contributed by atoms with Gasteiger partial charge in [-0.25, -0.2) is 4.98 Å². The Morgan fingerprint density at radius 3 is 2.22 bits per heavy atom. The Morgan fingerprint density at radius 2 is 1.59 bits per heavy atom. The van der Waals surface area contributed by atoms with Crippen molar-refractivity contribution in [3.63, 3.8) is 0 Å².